The van der Waals surface area contributed by atoms with Crippen LogP contribution in [0.25, 0.3) is 10.9 Å². The minimum absolute atomic E-state index is 0.130. The van der Waals surface area contributed by atoms with E-state index in [1.807, 2.05) is 52.5 Å². The molecule has 5 rings (SSSR count). The molecule has 1 saturated carbocycles. The first-order valence-electron chi connectivity index (χ1n) is 14.3. The molecule has 10 nitrogen and oxygen atoms in total. The van der Waals surface area contributed by atoms with Crippen molar-refractivity contribution in [2.24, 2.45) is 0 Å². The lowest BCUT2D eigenvalue weighted by Gasteiger charge is -2.36. The fourth-order valence-corrected chi connectivity index (χ4v) is 5.34. The van der Waals surface area contributed by atoms with Crippen LogP contribution in [-0.4, -0.2) is 82.5 Å². The lowest BCUT2D eigenvalue weighted by Crippen LogP contribution is -2.50. The summed E-state index contributed by atoms with van der Waals surface area (Å²) < 4.78 is 1.91. The molecule has 0 spiro atoms. The average Bonchev–Trinajstić information content (AvgIpc) is 3.67. The molecule has 2 fully saturated rings. The van der Waals surface area contributed by atoms with E-state index >= 15 is 0 Å². The quantitative estimate of drug-likeness (QED) is 0.230. The van der Waals surface area contributed by atoms with Gasteiger partial charge >= 0.3 is 0 Å². The zero-order valence-corrected chi connectivity index (χ0v) is 25.3. The number of aromatic nitrogens is 4. The molecule has 0 radical (unpaired) electrons. The number of nitrogens with one attached hydrogen (secondary N) is 3. The van der Waals surface area contributed by atoms with Crippen LogP contribution in [-0.2, 0) is 11.3 Å². The number of anilines is 4. The molecule has 1 aliphatic carbocycles. The van der Waals surface area contributed by atoms with Crippen LogP contribution in [0.2, 0.25) is 0 Å². The molecule has 2 aromatic heterocycles. The van der Waals surface area contributed by atoms with E-state index in [-0.39, 0.29) is 5.91 Å². The summed E-state index contributed by atoms with van der Waals surface area (Å²) in [4.78, 5) is 25.7. The number of hydrogen-bond donors (Lipinski definition) is 3. The molecule has 1 saturated heterocycles. The Morgan fingerprint density at radius 3 is 2.59 bits per heavy atom. The van der Waals surface area contributed by atoms with Crippen molar-refractivity contribution in [1.82, 2.24) is 30.0 Å². The molecule has 3 N–H and O–H groups in total. The van der Waals surface area contributed by atoms with Crippen molar-refractivity contribution in [3.63, 3.8) is 0 Å². The van der Waals surface area contributed by atoms with Gasteiger partial charge in [-0.2, -0.15) is 10.1 Å². The van der Waals surface area contributed by atoms with Crippen molar-refractivity contribution in [3.8, 4) is 0 Å². The topological polar surface area (TPSA) is 103 Å². The van der Waals surface area contributed by atoms with Crippen LogP contribution in [0.4, 0.5) is 23.1 Å². The fourth-order valence-electron chi connectivity index (χ4n) is 5.06. The average molecular weight is 578 g/mol. The van der Waals surface area contributed by atoms with Crippen LogP contribution >= 0.6 is 11.8 Å². The van der Waals surface area contributed by atoms with Crippen molar-refractivity contribution >= 4 is 51.7 Å². The minimum Gasteiger partial charge on any atom is -0.364 e. The zero-order valence-electron chi connectivity index (χ0n) is 24.5. The molecule has 3 aromatic rings. The van der Waals surface area contributed by atoms with Gasteiger partial charge < -0.3 is 25.8 Å². The number of amides is 1. The maximum Gasteiger partial charge on any atom is 0.236 e. The van der Waals surface area contributed by atoms with Crippen molar-refractivity contribution < 1.29 is 4.79 Å². The van der Waals surface area contributed by atoms with E-state index in [1.54, 1.807) is 24.4 Å². The highest BCUT2D eigenvalue weighted by atomic mass is 32.2. The number of rotatable bonds is 10. The van der Waals surface area contributed by atoms with Gasteiger partial charge in [-0.05, 0) is 64.1 Å². The van der Waals surface area contributed by atoms with E-state index in [9.17, 15) is 4.79 Å². The summed E-state index contributed by atoms with van der Waals surface area (Å²) in [6, 6.07) is 6.07. The number of hydrogen-bond acceptors (Lipinski definition) is 9. The molecule has 1 amide bonds. The third-order valence-corrected chi connectivity index (χ3v) is 7.74. The fraction of sp³-hybridized carbons (Fsp3) is 0.467. The Balaban J connectivity index is 0.000000483. The van der Waals surface area contributed by atoms with Crippen LogP contribution in [0.5, 0.6) is 0 Å². The molecular formula is C30H43N9OS. The SMILES string of the molecule is C=CCn1ncc2ccc(Nc3ncc(N4CCN(C(=O)CNC)CC4)c(NCSC)n3)cc21.CC=C1CCCC1. The van der Waals surface area contributed by atoms with Gasteiger partial charge in [0.15, 0.2) is 5.82 Å². The lowest BCUT2D eigenvalue weighted by atomic mass is 10.2. The molecule has 41 heavy (non-hydrogen) atoms. The second-order valence-corrected chi connectivity index (χ2v) is 11.0. The van der Waals surface area contributed by atoms with Crippen LogP contribution in [0.15, 0.2) is 54.9 Å². The van der Waals surface area contributed by atoms with Gasteiger partial charge in [0.2, 0.25) is 11.9 Å². The summed E-state index contributed by atoms with van der Waals surface area (Å²) >= 11 is 1.69. The number of thioether (sulfide) groups is 1. The zero-order chi connectivity index (χ0) is 29.0. The Morgan fingerprint density at radius 2 is 1.93 bits per heavy atom. The summed E-state index contributed by atoms with van der Waals surface area (Å²) in [5.41, 5.74) is 4.52. The number of piperazine rings is 1. The van der Waals surface area contributed by atoms with Crippen molar-refractivity contribution in [2.75, 3.05) is 67.4 Å². The number of nitrogens with zero attached hydrogens (tertiary/aromatic N) is 6. The predicted molar refractivity (Wildman–Crippen MR) is 172 cm³/mol. The van der Waals surface area contributed by atoms with E-state index in [1.165, 1.54) is 25.7 Å². The highest BCUT2D eigenvalue weighted by molar-refractivity contribution is 7.98. The third kappa shape index (κ3) is 8.23. The highest BCUT2D eigenvalue weighted by Crippen LogP contribution is 2.28. The first-order valence-corrected chi connectivity index (χ1v) is 15.7. The van der Waals surface area contributed by atoms with Gasteiger partial charge in [0, 0.05) is 37.3 Å². The van der Waals surface area contributed by atoms with Gasteiger partial charge in [-0.15, -0.1) is 18.3 Å². The first-order chi connectivity index (χ1) is 20.1. The van der Waals surface area contributed by atoms with Gasteiger partial charge in [-0.1, -0.05) is 17.7 Å². The van der Waals surface area contributed by atoms with Crippen LogP contribution < -0.4 is 20.9 Å². The second kappa shape index (κ2) is 15.4. The monoisotopic (exact) mass is 577 g/mol. The molecule has 0 unspecified atom stereocenters. The molecular weight excluding hydrogens is 534 g/mol. The maximum absolute atomic E-state index is 12.2. The molecule has 0 bridgehead atoms. The maximum atomic E-state index is 12.2. The molecule has 11 heteroatoms. The Bertz CT molecular complexity index is 1320. The van der Waals surface area contributed by atoms with Crippen LogP contribution in [0, 0.1) is 0 Å². The molecule has 1 aromatic carbocycles. The van der Waals surface area contributed by atoms with E-state index < -0.39 is 0 Å². The van der Waals surface area contributed by atoms with Gasteiger partial charge in [-0.25, -0.2) is 4.98 Å². The first kappa shape index (κ1) is 30.4. The normalized spacial score (nSPS) is 15.0. The van der Waals surface area contributed by atoms with Gasteiger partial charge in [-0.3, -0.25) is 9.48 Å². The summed E-state index contributed by atoms with van der Waals surface area (Å²) in [5.74, 6) is 2.16. The number of benzene rings is 1. The Labute approximate surface area is 247 Å². The van der Waals surface area contributed by atoms with Crippen LogP contribution in [0.3, 0.4) is 0 Å². The number of allylic oxidation sites excluding steroid dienone is 3. The molecule has 2 aliphatic rings. The van der Waals surface area contributed by atoms with E-state index in [4.69, 9.17) is 4.98 Å². The van der Waals surface area contributed by atoms with E-state index in [0.29, 0.717) is 32.1 Å². The molecule has 0 atom stereocenters. The summed E-state index contributed by atoms with van der Waals surface area (Å²) in [5, 5.41) is 15.1. The predicted octanol–water partition coefficient (Wildman–Crippen LogP) is 4.86. The van der Waals surface area contributed by atoms with Crippen molar-refractivity contribution in [2.45, 2.75) is 39.2 Å². The van der Waals surface area contributed by atoms with E-state index in [0.717, 1.165) is 47.1 Å². The summed E-state index contributed by atoms with van der Waals surface area (Å²) in [7, 11) is 1.79. The summed E-state index contributed by atoms with van der Waals surface area (Å²) in [6.07, 6.45) is 15.4. The second-order valence-electron chi connectivity index (χ2n) is 10.1. The summed E-state index contributed by atoms with van der Waals surface area (Å²) in [6.45, 7) is 9.80. The highest BCUT2D eigenvalue weighted by Gasteiger charge is 2.23. The number of likely N-dealkylation sites (N-methyl/N-ethyl adjacent to an activating group) is 1. The number of carbonyl (C=O) groups excluding carboxylic acids is 1. The molecule has 220 valence electrons. The minimum atomic E-state index is 0.130. The Hall–Kier alpha value is -3.57. The van der Waals surface area contributed by atoms with E-state index in [2.05, 4.69) is 50.5 Å². The van der Waals surface area contributed by atoms with Crippen molar-refractivity contribution in [3.05, 3.63) is 54.9 Å². The smallest absolute Gasteiger partial charge is 0.236 e. The Kier molecular flexibility index (Phi) is 11.4. The lowest BCUT2D eigenvalue weighted by molar-refractivity contribution is -0.130. The molecule has 3 heterocycles. The number of carbonyl (C=O) groups is 1. The standard InChI is InChI=1S/C23H31N9OS.C7H12/c1-4-7-32-19-12-18(6-5-17(19)13-27-32)28-23-25-14-20(22(29-23)26-16-34-3)30-8-10-31(11-9-30)21(33)15-24-2;1-2-7-5-3-4-6-7/h4-6,12-14,24H,1,7-11,15-16H2,2-3H3,(H2,25,26,28,29);2H,3-6H2,1H3. The van der Waals surface area contributed by atoms with Gasteiger partial charge in [0.25, 0.3) is 0 Å². The van der Waals surface area contributed by atoms with Crippen LogP contribution in [0.1, 0.15) is 32.6 Å². The van der Waals surface area contributed by atoms with Gasteiger partial charge in [0.05, 0.1) is 42.6 Å². The molecule has 1 aliphatic heterocycles. The third-order valence-electron chi connectivity index (χ3n) is 7.31. The van der Waals surface area contributed by atoms with Crippen molar-refractivity contribution in [1.29, 1.82) is 0 Å². The number of fused-ring (bicyclic) bond motifs is 1. The van der Waals surface area contributed by atoms with Gasteiger partial charge in [0.1, 0.15) is 0 Å². The largest absolute Gasteiger partial charge is 0.364 e. The Morgan fingerprint density at radius 1 is 1.15 bits per heavy atom.